The third kappa shape index (κ3) is 3.65. The van der Waals surface area contributed by atoms with Crippen LogP contribution in [0.2, 0.25) is 0 Å². The maximum Gasteiger partial charge on any atom is 0.293 e. The number of fused-ring (bicyclic) bond motifs is 1. The summed E-state index contributed by atoms with van der Waals surface area (Å²) >= 11 is 1.47. The maximum absolute atomic E-state index is 12.7. The van der Waals surface area contributed by atoms with E-state index in [1.54, 1.807) is 6.07 Å². The second-order valence-corrected chi connectivity index (χ2v) is 9.02. The number of aryl methyl sites for hydroxylation is 1. The van der Waals surface area contributed by atoms with Crippen molar-refractivity contribution in [1.82, 2.24) is 4.98 Å². The average Bonchev–Trinajstić information content (AvgIpc) is 3.34. The minimum absolute atomic E-state index is 0.276. The predicted octanol–water partition coefficient (Wildman–Crippen LogP) is 6.58. The summed E-state index contributed by atoms with van der Waals surface area (Å²) in [6.07, 6.45) is 0.674. The standard InChI is InChI=1S/C25H26N2O2S/c1-13-7-9-21-23(11-13)30-25(26-21)27-24(28)22-10-8-19(29-22)12-20-17(5)15(3)14(2)16(4)18(20)6/h7-11H,12H2,1-6H3,(H,26,27,28). The van der Waals surface area contributed by atoms with Crippen molar-refractivity contribution < 1.29 is 9.21 Å². The lowest BCUT2D eigenvalue weighted by Gasteiger charge is -2.18. The number of aromatic nitrogens is 1. The molecule has 1 amide bonds. The van der Waals surface area contributed by atoms with Crippen LogP contribution >= 0.6 is 11.3 Å². The number of thiazole rings is 1. The normalized spacial score (nSPS) is 11.3. The molecule has 2 heterocycles. The number of anilines is 1. The summed E-state index contributed by atoms with van der Waals surface area (Å²) in [5, 5.41) is 3.45. The molecule has 0 fully saturated rings. The number of carbonyl (C=O) groups is 1. The number of nitrogens with zero attached hydrogens (tertiary/aromatic N) is 1. The lowest BCUT2D eigenvalue weighted by Crippen LogP contribution is -2.10. The van der Waals surface area contributed by atoms with Crippen molar-refractivity contribution in [3.8, 4) is 0 Å². The molecular weight excluding hydrogens is 392 g/mol. The van der Waals surface area contributed by atoms with E-state index in [4.69, 9.17) is 4.42 Å². The summed E-state index contributed by atoms with van der Waals surface area (Å²) in [5.74, 6) is 0.812. The van der Waals surface area contributed by atoms with Gasteiger partial charge >= 0.3 is 0 Å². The molecule has 4 rings (SSSR count). The van der Waals surface area contributed by atoms with E-state index in [0.29, 0.717) is 17.3 Å². The highest BCUT2D eigenvalue weighted by Crippen LogP contribution is 2.29. The van der Waals surface area contributed by atoms with Crippen molar-refractivity contribution in [1.29, 1.82) is 0 Å². The van der Waals surface area contributed by atoms with E-state index in [2.05, 4.69) is 51.0 Å². The average molecular weight is 419 g/mol. The molecule has 30 heavy (non-hydrogen) atoms. The number of carbonyl (C=O) groups excluding carboxylic acids is 1. The number of benzene rings is 2. The summed E-state index contributed by atoms with van der Waals surface area (Å²) < 4.78 is 6.96. The van der Waals surface area contributed by atoms with E-state index in [1.807, 2.05) is 25.1 Å². The highest BCUT2D eigenvalue weighted by Gasteiger charge is 2.17. The van der Waals surface area contributed by atoms with Gasteiger partial charge in [0.1, 0.15) is 5.76 Å². The fraction of sp³-hybridized carbons (Fsp3) is 0.280. The second-order valence-electron chi connectivity index (χ2n) is 7.99. The van der Waals surface area contributed by atoms with Gasteiger partial charge in [-0.3, -0.25) is 10.1 Å². The molecule has 0 aliphatic rings. The van der Waals surface area contributed by atoms with Crippen LogP contribution in [0.5, 0.6) is 0 Å². The topological polar surface area (TPSA) is 55.1 Å². The molecule has 2 aromatic carbocycles. The van der Waals surface area contributed by atoms with Crippen LogP contribution < -0.4 is 5.32 Å². The quantitative estimate of drug-likeness (QED) is 0.407. The van der Waals surface area contributed by atoms with Crippen molar-refractivity contribution in [2.24, 2.45) is 0 Å². The van der Waals surface area contributed by atoms with Gasteiger partial charge in [-0.2, -0.15) is 0 Å². The zero-order valence-electron chi connectivity index (χ0n) is 18.3. The summed E-state index contributed by atoms with van der Waals surface area (Å²) in [6, 6.07) is 9.69. The van der Waals surface area contributed by atoms with Gasteiger partial charge in [-0.15, -0.1) is 0 Å². The molecule has 0 saturated heterocycles. The fourth-order valence-electron chi connectivity index (χ4n) is 3.86. The molecule has 4 nitrogen and oxygen atoms in total. The molecule has 0 atom stereocenters. The first kappa shape index (κ1) is 20.4. The molecule has 0 radical (unpaired) electrons. The van der Waals surface area contributed by atoms with Crippen molar-refractivity contribution in [2.45, 2.75) is 48.0 Å². The first-order chi connectivity index (χ1) is 14.2. The number of rotatable bonds is 4. The Balaban J connectivity index is 1.55. The smallest absolute Gasteiger partial charge is 0.293 e. The number of hydrogen-bond acceptors (Lipinski definition) is 4. The molecule has 0 bridgehead atoms. The number of furan rings is 1. The van der Waals surface area contributed by atoms with Gasteiger partial charge in [0.15, 0.2) is 10.9 Å². The first-order valence-corrected chi connectivity index (χ1v) is 10.9. The number of hydrogen-bond donors (Lipinski definition) is 1. The SMILES string of the molecule is Cc1ccc2nc(NC(=O)c3ccc(Cc4c(C)c(C)c(C)c(C)c4C)o3)sc2c1. The van der Waals surface area contributed by atoms with Gasteiger partial charge in [-0.25, -0.2) is 4.98 Å². The highest BCUT2D eigenvalue weighted by atomic mass is 32.1. The molecule has 4 aromatic rings. The van der Waals surface area contributed by atoms with Crippen LogP contribution in [-0.4, -0.2) is 10.9 Å². The van der Waals surface area contributed by atoms with Gasteiger partial charge in [0.05, 0.1) is 10.2 Å². The Morgan fingerprint density at radius 3 is 2.30 bits per heavy atom. The second kappa shape index (κ2) is 7.73. The fourth-order valence-corrected chi connectivity index (χ4v) is 4.82. The number of amides is 1. The van der Waals surface area contributed by atoms with Gasteiger partial charge in [0, 0.05) is 6.42 Å². The van der Waals surface area contributed by atoms with Crippen molar-refractivity contribution >= 4 is 32.6 Å². The van der Waals surface area contributed by atoms with E-state index >= 15 is 0 Å². The van der Waals surface area contributed by atoms with E-state index in [-0.39, 0.29) is 5.91 Å². The molecule has 0 aliphatic carbocycles. The Bertz CT molecular complexity index is 1250. The van der Waals surface area contributed by atoms with E-state index in [9.17, 15) is 4.79 Å². The van der Waals surface area contributed by atoms with Gasteiger partial charge in [-0.05, 0) is 105 Å². The summed E-state index contributed by atoms with van der Waals surface area (Å²) in [5.41, 5.74) is 9.92. The Morgan fingerprint density at radius 1 is 0.933 bits per heavy atom. The third-order valence-corrected chi connectivity index (χ3v) is 7.09. The summed E-state index contributed by atoms with van der Waals surface area (Å²) in [6.45, 7) is 12.9. The molecule has 154 valence electrons. The van der Waals surface area contributed by atoms with Crippen molar-refractivity contribution in [2.75, 3.05) is 5.32 Å². The van der Waals surface area contributed by atoms with E-state index < -0.39 is 0 Å². The van der Waals surface area contributed by atoms with Crippen LogP contribution in [0.15, 0.2) is 34.7 Å². The molecule has 2 aromatic heterocycles. The monoisotopic (exact) mass is 418 g/mol. The Labute approximate surface area is 181 Å². The molecule has 1 N–H and O–H groups in total. The van der Waals surface area contributed by atoms with Crippen molar-refractivity contribution in [3.05, 3.63) is 80.8 Å². The van der Waals surface area contributed by atoms with Crippen LogP contribution in [0.25, 0.3) is 10.2 Å². The highest BCUT2D eigenvalue weighted by molar-refractivity contribution is 7.22. The van der Waals surface area contributed by atoms with Gasteiger partial charge in [0.2, 0.25) is 0 Å². The molecule has 0 spiro atoms. The van der Waals surface area contributed by atoms with Crippen LogP contribution in [0, 0.1) is 41.5 Å². The van der Waals surface area contributed by atoms with Gasteiger partial charge < -0.3 is 4.42 Å². The van der Waals surface area contributed by atoms with Crippen LogP contribution in [-0.2, 0) is 6.42 Å². The summed E-state index contributed by atoms with van der Waals surface area (Å²) in [7, 11) is 0. The third-order valence-electron chi connectivity index (χ3n) is 6.16. The Kier molecular flexibility index (Phi) is 5.24. The molecule has 5 heteroatoms. The molecule has 0 aliphatic heterocycles. The summed E-state index contributed by atoms with van der Waals surface area (Å²) in [4.78, 5) is 17.2. The minimum atomic E-state index is -0.276. The van der Waals surface area contributed by atoms with Gasteiger partial charge in [0.25, 0.3) is 5.91 Å². The lowest BCUT2D eigenvalue weighted by molar-refractivity contribution is 0.0995. The predicted molar refractivity (Wildman–Crippen MR) is 124 cm³/mol. The zero-order chi connectivity index (χ0) is 21.6. The van der Waals surface area contributed by atoms with E-state index in [0.717, 1.165) is 16.0 Å². The molecular formula is C25H26N2O2S. The molecule has 0 saturated carbocycles. The molecule has 0 unspecified atom stereocenters. The van der Waals surface area contributed by atoms with Gasteiger partial charge in [-0.1, -0.05) is 17.4 Å². The maximum atomic E-state index is 12.7. The van der Waals surface area contributed by atoms with Crippen molar-refractivity contribution in [3.63, 3.8) is 0 Å². The lowest BCUT2D eigenvalue weighted by atomic mass is 9.88. The first-order valence-electron chi connectivity index (χ1n) is 10.1. The Hall–Kier alpha value is -2.92. The largest absolute Gasteiger partial charge is 0.456 e. The van der Waals surface area contributed by atoms with Crippen LogP contribution in [0.4, 0.5) is 5.13 Å². The number of nitrogens with one attached hydrogen (secondary N) is 1. The van der Waals surface area contributed by atoms with E-state index in [1.165, 1.54) is 50.3 Å². The van der Waals surface area contributed by atoms with Crippen LogP contribution in [0.3, 0.4) is 0 Å². The Morgan fingerprint density at radius 2 is 1.60 bits per heavy atom. The minimum Gasteiger partial charge on any atom is -0.456 e. The zero-order valence-corrected chi connectivity index (χ0v) is 19.1. The van der Waals surface area contributed by atoms with Crippen LogP contribution in [0.1, 0.15) is 55.3 Å².